The minimum Gasteiger partial charge on any atom is -0.493 e. The number of aromatic nitrogens is 1. The number of hydrogen-bond donors (Lipinski definition) is 0. The molecular formula is C21H25N3O2. The summed E-state index contributed by atoms with van der Waals surface area (Å²) in [5.74, 6) is 1.67. The van der Waals surface area contributed by atoms with Crippen LogP contribution in [-0.2, 0) is 4.79 Å². The largest absolute Gasteiger partial charge is 0.493 e. The number of methoxy groups -OCH3 is 1. The van der Waals surface area contributed by atoms with Crippen LogP contribution in [0.15, 0.2) is 42.7 Å². The van der Waals surface area contributed by atoms with E-state index in [1.165, 1.54) is 11.1 Å². The molecular weight excluding hydrogens is 326 g/mol. The van der Waals surface area contributed by atoms with Gasteiger partial charge in [-0.2, -0.15) is 0 Å². The third-order valence-corrected chi connectivity index (χ3v) is 5.61. The molecule has 2 heterocycles. The number of aryl methyl sites for hydroxylation is 1. The van der Waals surface area contributed by atoms with Gasteiger partial charge in [0.2, 0.25) is 5.91 Å². The van der Waals surface area contributed by atoms with E-state index in [1.807, 2.05) is 11.0 Å². The first-order valence-electron chi connectivity index (χ1n) is 9.26. The zero-order chi connectivity index (χ0) is 18.1. The first-order chi connectivity index (χ1) is 12.7. The van der Waals surface area contributed by atoms with E-state index in [-0.39, 0.29) is 5.92 Å². The highest BCUT2D eigenvalue weighted by molar-refractivity contribution is 5.83. The molecule has 0 unspecified atom stereocenters. The molecule has 0 N–H and O–H groups in total. The number of carbonyl (C=O) groups is 1. The monoisotopic (exact) mass is 351 g/mol. The Kier molecular flexibility index (Phi) is 4.53. The second kappa shape index (κ2) is 6.98. The van der Waals surface area contributed by atoms with Crippen LogP contribution in [0, 0.1) is 12.8 Å². The second-order valence-electron chi connectivity index (χ2n) is 7.17. The maximum Gasteiger partial charge on any atom is 0.226 e. The van der Waals surface area contributed by atoms with Gasteiger partial charge in [0.25, 0.3) is 0 Å². The first kappa shape index (κ1) is 16.9. The van der Waals surface area contributed by atoms with E-state index in [0.717, 1.165) is 44.0 Å². The topological polar surface area (TPSA) is 45.7 Å². The van der Waals surface area contributed by atoms with E-state index in [9.17, 15) is 4.79 Å². The third-order valence-electron chi connectivity index (χ3n) is 5.61. The van der Waals surface area contributed by atoms with Crippen molar-refractivity contribution < 1.29 is 9.53 Å². The molecule has 1 aromatic heterocycles. The minimum atomic E-state index is 0.165. The molecule has 2 aliphatic rings. The Bertz CT molecular complexity index is 799. The van der Waals surface area contributed by atoms with Crippen molar-refractivity contribution in [2.75, 3.05) is 38.2 Å². The molecule has 2 fully saturated rings. The molecule has 0 bridgehead atoms. The van der Waals surface area contributed by atoms with Crippen molar-refractivity contribution in [3.63, 3.8) is 0 Å². The standard InChI is InChI=1S/C21H25N3O2/c1-15-5-3-4-6-16(15)17-13-18(17)21(25)24-11-9-23(10-12-24)19-7-8-22-14-20(19)26-2/h3-8,14,17-18H,9-13H2,1-2H3/t17-,18+/m0/s1. The Labute approximate surface area is 154 Å². The number of piperazine rings is 1. The van der Waals surface area contributed by atoms with Crippen LogP contribution in [0.1, 0.15) is 23.5 Å². The molecule has 1 aromatic carbocycles. The van der Waals surface area contributed by atoms with Crippen molar-refractivity contribution in [2.45, 2.75) is 19.3 Å². The van der Waals surface area contributed by atoms with Crippen molar-refractivity contribution in [3.05, 3.63) is 53.9 Å². The average Bonchev–Trinajstić information content (AvgIpc) is 3.48. The zero-order valence-electron chi connectivity index (χ0n) is 15.4. The van der Waals surface area contributed by atoms with Crippen molar-refractivity contribution >= 4 is 11.6 Å². The van der Waals surface area contributed by atoms with Crippen molar-refractivity contribution in [3.8, 4) is 5.75 Å². The van der Waals surface area contributed by atoms with Crippen molar-refractivity contribution in [2.24, 2.45) is 5.92 Å². The number of pyridine rings is 1. The number of amides is 1. The first-order valence-corrected chi connectivity index (χ1v) is 9.26. The Morgan fingerprint density at radius 1 is 1.15 bits per heavy atom. The Morgan fingerprint density at radius 3 is 2.65 bits per heavy atom. The molecule has 1 aliphatic heterocycles. The van der Waals surface area contributed by atoms with Gasteiger partial charge in [0.1, 0.15) is 0 Å². The molecule has 1 aliphatic carbocycles. The van der Waals surface area contributed by atoms with E-state index in [0.29, 0.717) is 11.8 Å². The van der Waals surface area contributed by atoms with Gasteiger partial charge >= 0.3 is 0 Å². The molecule has 5 heteroatoms. The second-order valence-corrected chi connectivity index (χ2v) is 7.17. The van der Waals surface area contributed by atoms with Gasteiger partial charge in [-0.25, -0.2) is 0 Å². The molecule has 2 atom stereocenters. The maximum atomic E-state index is 12.9. The molecule has 1 saturated heterocycles. The molecule has 0 radical (unpaired) electrons. The van der Waals surface area contributed by atoms with Gasteiger partial charge in [0.15, 0.2) is 5.75 Å². The minimum absolute atomic E-state index is 0.165. The number of benzene rings is 1. The van der Waals surface area contributed by atoms with Crippen LogP contribution in [0.2, 0.25) is 0 Å². The number of hydrogen-bond acceptors (Lipinski definition) is 4. The summed E-state index contributed by atoms with van der Waals surface area (Å²) in [5.41, 5.74) is 3.69. The van der Waals surface area contributed by atoms with Gasteiger partial charge in [-0.15, -0.1) is 0 Å². The van der Waals surface area contributed by atoms with Gasteiger partial charge in [0, 0.05) is 38.3 Å². The van der Waals surface area contributed by atoms with Gasteiger partial charge in [-0.1, -0.05) is 24.3 Å². The zero-order valence-corrected chi connectivity index (χ0v) is 15.4. The summed E-state index contributed by atoms with van der Waals surface area (Å²) < 4.78 is 5.41. The van der Waals surface area contributed by atoms with E-state index in [1.54, 1.807) is 19.5 Å². The molecule has 5 nitrogen and oxygen atoms in total. The van der Waals surface area contributed by atoms with Crippen LogP contribution in [0.4, 0.5) is 5.69 Å². The fourth-order valence-corrected chi connectivity index (χ4v) is 4.01. The SMILES string of the molecule is COc1cnccc1N1CCN(C(=O)[C@@H]2C[C@H]2c2ccccc2C)CC1. The number of anilines is 1. The number of nitrogens with zero attached hydrogens (tertiary/aromatic N) is 3. The lowest BCUT2D eigenvalue weighted by atomic mass is 10.0. The molecule has 1 amide bonds. The van der Waals surface area contributed by atoms with Crippen molar-refractivity contribution in [1.29, 1.82) is 0 Å². The summed E-state index contributed by atoms with van der Waals surface area (Å²) in [6.07, 6.45) is 4.51. The van der Waals surface area contributed by atoms with E-state index >= 15 is 0 Å². The van der Waals surface area contributed by atoms with Crippen LogP contribution in [0.3, 0.4) is 0 Å². The van der Waals surface area contributed by atoms with Crippen LogP contribution < -0.4 is 9.64 Å². The summed E-state index contributed by atoms with van der Waals surface area (Å²) in [4.78, 5) is 21.3. The van der Waals surface area contributed by atoms with Crippen LogP contribution in [0.5, 0.6) is 5.75 Å². The lowest BCUT2D eigenvalue weighted by Crippen LogP contribution is -2.49. The highest BCUT2D eigenvalue weighted by Gasteiger charge is 2.46. The van der Waals surface area contributed by atoms with Crippen LogP contribution in [-0.4, -0.2) is 49.1 Å². The van der Waals surface area contributed by atoms with E-state index in [2.05, 4.69) is 41.1 Å². The van der Waals surface area contributed by atoms with Crippen LogP contribution >= 0.6 is 0 Å². The van der Waals surface area contributed by atoms with E-state index in [4.69, 9.17) is 4.74 Å². The maximum absolute atomic E-state index is 12.9. The summed E-state index contributed by atoms with van der Waals surface area (Å²) in [6, 6.07) is 10.4. The summed E-state index contributed by atoms with van der Waals surface area (Å²) in [6.45, 7) is 5.32. The summed E-state index contributed by atoms with van der Waals surface area (Å²) in [5, 5.41) is 0. The molecule has 0 spiro atoms. The molecule has 26 heavy (non-hydrogen) atoms. The summed E-state index contributed by atoms with van der Waals surface area (Å²) in [7, 11) is 1.67. The lowest BCUT2D eigenvalue weighted by molar-refractivity contribution is -0.132. The lowest BCUT2D eigenvalue weighted by Gasteiger charge is -2.36. The molecule has 136 valence electrons. The molecule has 4 rings (SSSR count). The number of rotatable bonds is 4. The fourth-order valence-electron chi connectivity index (χ4n) is 4.01. The normalized spacial score (nSPS) is 22.2. The van der Waals surface area contributed by atoms with Gasteiger partial charge in [0.05, 0.1) is 19.0 Å². The molecule has 2 aromatic rings. The highest BCUT2D eigenvalue weighted by Crippen LogP contribution is 2.49. The van der Waals surface area contributed by atoms with Gasteiger partial charge in [-0.3, -0.25) is 9.78 Å². The van der Waals surface area contributed by atoms with E-state index < -0.39 is 0 Å². The third kappa shape index (κ3) is 3.14. The molecule has 1 saturated carbocycles. The van der Waals surface area contributed by atoms with Crippen LogP contribution in [0.25, 0.3) is 0 Å². The Hall–Kier alpha value is -2.56. The predicted octanol–water partition coefficient (Wildman–Crippen LogP) is 2.85. The van der Waals surface area contributed by atoms with Crippen molar-refractivity contribution in [1.82, 2.24) is 9.88 Å². The van der Waals surface area contributed by atoms with Gasteiger partial charge < -0.3 is 14.5 Å². The highest BCUT2D eigenvalue weighted by atomic mass is 16.5. The summed E-state index contributed by atoms with van der Waals surface area (Å²) >= 11 is 0. The Balaban J connectivity index is 1.37. The Morgan fingerprint density at radius 2 is 1.92 bits per heavy atom. The smallest absolute Gasteiger partial charge is 0.226 e. The quantitative estimate of drug-likeness (QED) is 0.850. The number of carbonyl (C=O) groups excluding carboxylic acids is 1. The predicted molar refractivity (Wildman–Crippen MR) is 102 cm³/mol. The fraction of sp³-hybridized carbons (Fsp3) is 0.429. The number of ether oxygens (including phenoxy) is 1. The average molecular weight is 351 g/mol. The van der Waals surface area contributed by atoms with Gasteiger partial charge in [-0.05, 0) is 36.5 Å².